The van der Waals surface area contributed by atoms with Gasteiger partial charge in [0.15, 0.2) is 5.60 Å². The van der Waals surface area contributed by atoms with Crippen molar-refractivity contribution in [1.29, 1.82) is 0 Å². The molecule has 0 saturated carbocycles. The van der Waals surface area contributed by atoms with Gasteiger partial charge >= 0.3 is 18.1 Å². The molecule has 7 rings (SSSR count). The van der Waals surface area contributed by atoms with Crippen LogP contribution in [0.5, 0.6) is 0 Å². The normalized spacial score (nSPS) is 18.2. The topological polar surface area (TPSA) is 259 Å². The number of aliphatic hydroxyl groups is 1. The molecule has 2 aromatic carbocycles. The van der Waals surface area contributed by atoms with Crippen LogP contribution in [0, 0.1) is 24.6 Å². The molecule has 17 nitrogen and oxygen atoms in total. The predicted octanol–water partition coefficient (Wildman–Crippen LogP) is 3.54. The molecule has 0 saturated heterocycles. The van der Waals surface area contributed by atoms with E-state index in [2.05, 4.69) is 21.3 Å². The molecule has 4 unspecified atom stereocenters. The molecule has 4 heterocycles. The Bertz CT molecular complexity index is 2540. The minimum Gasteiger partial charge on any atom is -0.458 e. The number of cyclic esters (lactones) is 1. The third-order valence-electron chi connectivity index (χ3n) is 12.3. The third-order valence-corrected chi connectivity index (χ3v) is 12.3. The van der Waals surface area contributed by atoms with E-state index in [9.17, 15) is 33.9 Å². The molecule has 0 fully saturated rings. The number of nitrogens with zero attached hydrogens (tertiary/aromatic N) is 2. The number of carbonyl (C=O) groups excluding carboxylic acids is 5. The lowest BCUT2D eigenvalue weighted by Crippen LogP contribution is -2.48. The third kappa shape index (κ3) is 8.19. The summed E-state index contributed by atoms with van der Waals surface area (Å²) in [4.78, 5) is 82.5. The lowest BCUT2D eigenvalue weighted by Gasteiger charge is -2.31. The van der Waals surface area contributed by atoms with E-state index in [1.165, 1.54) is 10.6 Å². The van der Waals surface area contributed by atoms with Crippen LogP contribution >= 0.6 is 0 Å². The molecule has 328 valence electrons. The highest BCUT2D eigenvalue weighted by Crippen LogP contribution is 2.46. The van der Waals surface area contributed by atoms with Gasteiger partial charge in [0.25, 0.3) is 5.56 Å². The van der Waals surface area contributed by atoms with Gasteiger partial charge < -0.3 is 51.9 Å². The van der Waals surface area contributed by atoms with Gasteiger partial charge in [0.05, 0.1) is 41.0 Å². The summed E-state index contributed by atoms with van der Waals surface area (Å²) < 4.78 is 27.7. The number of anilines is 1. The summed E-state index contributed by atoms with van der Waals surface area (Å²) >= 11 is 0. The fraction of sp³-hybridized carbons (Fsp3) is 0.432. The minimum atomic E-state index is -2.02. The average molecular weight is 855 g/mol. The predicted molar refractivity (Wildman–Crippen MR) is 225 cm³/mol. The molecule has 2 aromatic heterocycles. The van der Waals surface area contributed by atoms with Crippen molar-refractivity contribution < 1.29 is 42.9 Å². The van der Waals surface area contributed by atoms with Gasteiger partial charge in [0.1, 0.15) is 25.1 Å². The van der Waals surface area contributed by atoms with Crippen LogP contribution in [0.25, 0.3) is 22.3 Å². The van der Waals surface area contributed by atoms with Crippen molar-refractivity contribution >= 4 is 46.5 Å². The van der Waals surface area contributed by atoms with Crippen molar-refractivity contribution in [2.75, 3.05) is 18.4 Å². The van der Waals surface area contributed by atoms with Gasteiger partial charge in [0, 0.05) is 41.4 Å². The summed E-state index contributed by atoms with van der Waals surface area (Å²) in [5, 5.41) is 23.1. The van der Waals surface area contributed by atoms with Gasteiger partial charge in [-0.3, -0.25) is 14.4 Å². The van der Waals surface area contributed by atoms with Crippen LogP contribution in [0.4, 0.5) is 19.7 Å². The smallest absolute Gasteiger partial charge is 0.407 e. The maximum atomic E-state index is 15.3. The molecule has 4 aromatic rings. The molecule has 62 heavy (non-hydrogen) atoms. The number of esters is 1. The second-order valence-corrected chi connectivity index (χ2v) is 16.4. The fourth-order valence-corrected chi connectivity index (χ4v) is 8.69. The lowest BCUT2D eigenvalue weighted by atomic mass is 9.81. The van der Waals surface area contributed by atoms with E-state index in [1.54, 1.807) is 44.2 Å². The van der Waals surface area contributed by atoms with E-state index in [0.29, 0.717) is 69.5 Å². The first-order valence-corrected chi connectivity index (χ1v) is 20.7. The summed E-state index contributed by atoms with van der Waals surface area (Å²) in [6.07, 6.45) is 0.688. The molecule has 1 aliphatic carbocycles. The van der Waals surface area contributed by atoms with Crippen LogP contribution in [-0.2, 0) is 55.6 Å². The second-order valence-electron chi connectivity index (χ2n) is 16.4. The zero-order valence-electron chi connectivity index (χ0n) is 35.0. The van der Waals surface area contributed by atoms with E-state index in [-0.39, 0.29) is 68.6 Å². The number of hydrogen-bond acceptors (Lipinski definition) is 11. The Hall–Kier alpha value is -6.40. The number of aryl methyl sites for hydroxylation is 1. The van der Waals surface area contributed by atoms with Gasteiger partial charge in [-0.15, -0.1) is 0 Å². The summed E-state index contributed by atoms with van der Waals surface area (Å²) in [5.74, 6) is -2.65. The largest absolute Gasteiger partial charge is 0.458 e. The van der Waals surface area contributed by atoms with Crippen molar-refractivity contribution in [2.24, 2.45) is 23.3 Å². The molecule has 0 bridgehead atoms. The molecule has 0 radical (unpaired) electrons. The number of alkyl carbamates (subject to hydrolysis) is 1. The van der Waals surface area contributed by atoms with E-state index < -0.39 is 59.0 Å². The Kier molecular flexibility index (Phi) is 12.3. The lowest BCUT2D eigenvalue weighted by molar-refractivity contribution is -0.172. The Labute approximate surface area is 356 Å². The number of hydrogen-bond donors (Lipinski definition) is 7. The molecule has 5 amide bonds. The van der Waals surface area contributed by atoms with Crippen LogP contribution in [0.1, 0.15) is 91.4 Å². The number of primary amides is 1. The summed E-state index contributed by atoms with van der Waals surface area (Å²) in [7, 11) is 0. The summed E-state index contributed by atoms with van der Waals surface area (Å²) in [5.41, 5.74) is 13.5. The van der Waals surface area contributed by atoms with Crippen LogP contribution in [0.2, 0.25) is 0 Å². The maximum absolute atomic E-state index is 15.3. The number of urea groups is 1. The number of halogens is 1. The Morgan fingerprint density at radius 1 is 1.10 bits per heavy atom. The minimum absolute atomic E-state index is 0.0238. The van der Waals surface area contributed by atoms with Gasteiger partial charge in [-0.2, -0.15) is 0 Å². The molecule has 4 atom stereocenters. The van der Waals surface area contributed by atoms with Crippen molar-refractivity contribution in [1.82, 2.24) is 25.5 Å². The first-order valence-electron chi connectivity index (χ1n) is 20.7. The number of rotatable bonds is 14. The molecule has 0 spiro atoms. The van der Waals surface area contributed by atoms with Gasteiger partial charge in [-0.25, -0.2) is 23.8 Å². The van der Waals surface area contributed by atoms with Gasteiger partial charge in [0.2, 0.25) is 11.8 Å². The van der Waals surface area contributed by atoms with Gasteiger partial charge in [-0.05, 0) is 85.4 Å². The van der Waals surface area contributed by atoms with Crippen LogP contribution in [0.3, 0.4) is 0 Å². The summed E-state index contributed by atoms with van der Waals surface area (Å²) in [6, 6.07) is 7.34. The van der Waals surface area contributed by atoms with Crippen LogP contribution in [-0.4, -0.2) is 63.7 Å². The first kappa shape index (κ1) is 43.7. The number of carbonyl (C=O) groups is 5. The number of ether oxygens (including phenoxy) is 2. The van der Waals surface area contributed by atoms with Crippen LogP contribution < -0.4 is 38.3 Å². The maximum Gasteiger partial charge on any atom is 0.407 e. The quantitative estimate of drug-likeness (QED) is 0.0628. The van der Waals surface area contributed by atoms with Crippen molar-refractivity contribution in [3.63, 3.8) is 0 Å². The molecule has 3 aliphatic rings. The Morgan fingerprint density at radius 3 is 2.52 bits per heavy atom. The first-order chi connectivity index (χ1) is 29.6. The van der Waals surface area contributed by atoms with E-state index >= 15 is 4.39 Å². The van der Waals surface area contributed by atoms with Gasteiger partial charge in [-0.1, -0.05) is 32.9 Å². The van der Waals surface area contributed by atoms with Crippen molar-refractivity contribution in [3.8, 4) is 11.4 Å². The number of fused-ring (bicyclic) bond motifs is 5. The average Bonchev–Trinajstić information content (AvgIpc) is 3.61. The van der Waals surface area contributed by atoms with Crippen molar-refractivity contribution in [3.05, 3.63) is 91.5 Å². The van der Waals surface area contributed by atoms with Crippen LogP contribution in [0.15, 0.2) is 41.2 Å². The standard InChI is InChI=1S/C44H51FN8O9/c1-5-44(60)29-15-34-37-27(18-53(34)40(56)28(29)20-61-41(44)57)36-31(13-12-25-22(4)30(45)16-33(50-37)35(25)36)52-43(59)62-19-23-8-10-24(11-9-23)49-39(55)32(7-6-14-48-42(47)58)51-38(54)26(17-46)21(2)3/h8-11,15-16,21,26,31-32,60H,5-7,12-14,17-20,46H2,1-4H3,(H,49,55)(H,51,54)(H,52,59)(H3,47,48,58). The van der Waals surface area contributed by atoms with Crippen molar-refractivity contribution in [2.45, 2.75) is 97.2 Å². The van der Waals surface area contributed by atoms with E-state index in [0.717, 1.165) is 5.56 Å². The summed E-state index contributed by atoms with van der Waals surface area (Å²) in [6.45, 7) is 7.06. The second kappa shape index (κ2) is 17.5. The highest BCUT2D eigenvalue weighted by molar-refractivity contribution is 5.97. The molecular formula is C44H51FN8O9. The number of pyridine rings is 2. The molecule has 2 aliphatic heterocycles. The number of amides is 5. The Balaban J connectivity index is 1.07. The highest BCUT2D eigenvalue weighted by atomic mass is 19.1. The zero-order chi connectivity index (χ0) is 44.6. The zero-order valence-corrected chi connectivity index (χ0v) is 35.0. The fourth-order valence-electron chi connectivity index (χ4n) is 8.69. The SMILES string of the molecule is CCC1(O)C(=O)OCc2c1cc1n(c2=O)Cc2c-1nc1cc(F)c(C)c3c1c2C(NC(=O)OCc1ccc(NC(=O)C(CCCNC(N)=O)NC(=O)C(CN)C(C)C)cc1)CC3. The Morgan fingerprint density at radius 2 is 1.84 bits per heavy atom. The highest BCUT2D eigenvalue weighted by Gasteiger charge is 2.46. The molecule has 9 N–H and O–H groups in total. The number of nitrogens with one attached hydrogen (secondary N) is 4. The molecular weight excluding hydrogens is 804 g/mol. The molecule has 18 heteroatoms. The number of benzene rings is 2. The van der Waals surface area contributed by atoms with E-state index in [1.807, 2.05) is 13.8 Å². The monoisotopic (exact) mass is 854 g/mol. The van der Waals surface area contributed by atoms with E-state index in [4.69, 9.17) is 25.9 Å². The number of nitrogens with two attached hydrogens (primary N) is 2. The number of aromatic nitrogens is 2.